The maximum atomic E-state index is 12.2. The van der Waals surface area contributed by atoms with Gasteiger partial charge in [0.15, 0.2) is 0 Å². The minimum Gasteiger partial charge on any atom is -0.406 e. The molecule has 6 nitrogen and oxygen atoms in total. The highest BCUT2D eigenvalue weighted by Crippen LogP contribution is 2.35. The number of hydrogen-bond donors (Lipinski definition) is 2. The van der Waals surface area contributed by atoms with Gasteiger partial charge < -0.3 is 15.5 Å². The molecule has 1 aliphatic carbocycles. The number of nitrogens with one attached hydrogen (secondary N) is 1. The first-order valence-electron chi connectivity index (χ1n) is 7.63. The van der Waals surface area contributed by atoms with Crippen molar-refractivity contribution in [2.75, 3.05) is 5.73 Å². The lowest BCUT2D eigenvalue weighted by atomic mass is 9.78. The molecule has 1 saturated carbocycles. The predicted molar refractivity (Wildman–Crippen MR) is 81.7 cm³/mol. The Morgan fingerprint density at radius 3 is 2.55 bits per heavy atom. The molecule has 0 atom stereocenters. The van der Waals surface area contributed by atoms with Crippen molar-refractivity contribution >= 4 is 11.9 Å². The normalized spacial score (nSPS) is 21.5. The van der Waals surface area contributed by atoms with Crippen LogP contribution in [-0.2, 0) is 11.3 Å². The molecule has 1 aromatic heterocycles. The molecule has 1 fully saturated rings. The summed E-state index contributed by atoms with van der Waals surface area (Å²) in [5.41, 5.74) is 6.72. The summed E-state index contributed by atoms with van der Waals surface area (Å²) in [7, 11) is 0. The van der Waals surface area contributed by atoms with Crippen molar-refractivity contribution in [2.24, 2.45) is 5.92 Å². The Morgan fingerprint density at radius 2 is 1.91 bits per heavy atom. The zero-order valence-corrected chi connectivity index (χ0v) is 12.4. The molecule has 0 unspecified atom stereocenters. The fourth-order valence-electron chi connectivity index (χ4n) is 3.06. The van der Waals surface area contributed by atoms with Crippen LogP contribution in [0.15, 0.2) is 34.7 Å². The van der Waals surface area contributed by atoms with Gasteiger partial charge in [0, 0.05) is 5.92 Å². The molecule has 116 valence electrons. The van der Waals surface area contributed by atoms with Crippen molar-refractivity contribution in [3.63, 3.8) is 0 Å². The van der Waals surface area contributed by atoms with Crippen LogP contribution in [-0.4, -0.2) is 16.1 Å². The molecule has 3 N–H and O–H groups in total. The quantitative estimate of drug-likeness (QED) is 0.903. The third kappa shape index (κ3) is 3.44. The summed E-state index contributed by atoms with van der Waals surface area (Å²) >= 11 is 0. The standard InChI is InChI=1S/C16H20N4O2/c17-16-20-19-14(22-16)10-18-15(21)13-8-6-12(7-9-13)11-4-2-1-3-5-11/h1-5,12-13H,6-10H2,(H2,17,20)(H,18,21). The van der Waals surface area contributed by atoms with E-state index < -0.39 is 0 Å². The Bertz CT molecular complexity index is 618. The molecular weight excluding hydrogens is 280 g/mol. The molecule has 0 bridgehead atoms. The van der Waals surface area contributed by atoms with Crippen molar-refractivity contribution < 1.29 is 9.21 Å². The fraction of sp³-hybridized carbons (Fsp3) is 0.438. The lowest BCUT2D eigenvalue weighted by Gasteiger charge is -2.27. The average Bonchev–Trinajstić information content (AvgIpc) is 2.99. The van der Waals surface area contributed by atoms with Gasteiger partial charge in [0.1, 0.15) is 0 Å². The largest absolute Gasteiger partial charge is 0.406 e. The van der Waals surface area contributed by atoms with E-state index in [2.05, 4.69) is 39.8 Å². The van der Waals surface area contributed by atoms with Crippen molar-refractivity contribution in [1.82, 2.24) is 15.5 Å². The number of rotatable bonds is 4. The zero-order chi connectivity index (χ0) is 15.4. The Hall–Kier alpha value is -2.37. The number of amides is 1. The second-order valence-electron chi connectivity index (χ2n) is 5.71. The lowest BCUT2D eigenvalue weighted by Crippen LogP contribution is -2.32. The van der Waals surface area contributed by atoms with E-state index in [1.54, 1.807) is 0 Å². The Kier molecular flexibility index (Phi) is 4.37. The van der Waals surface area contributed by atoms with Gasteiger partial charge in [0.2, 0.25) is 11.8 Å². The number of nitrogens with zero attached hydrogens (tertiary/aromatic N) is 2. The van der Waals surface area contributed by atoms with Crippen LogP contribution in [0.2, 0.25) is 0 Å². The first kappa shape index (κ1) is 14.6. The van der Waals surface area contributed by atoms with Crippen LogP contribution in [0.25, 0.3) is 0 Å². The molecular formula is C16H20N4O2. The molecule has 3 rings (SSSR count). The van der Waals surface area contributed by atoms with E-state index in [9.17, 15) is 4.79 Å². The van der Waals surface area contributed by atoms with Gasteiger partial charge in [-0.05, 0) is 37.2 Å². The van der Waals surface area contributed by atoms with Crippen LogP contribution in [0.3, 0.4) is 0 Å². The van der Waals surface area contributed by atoms with E-state index >= 15 is 0 Å². The summed E-state index contributed by atoms with van der Waals surface area (Å²) in [6, 6.07) is 10.5. The van der Waals surface area contributed by atoms with Crippen molar-refractivity contribution in [3.05, 3.63) is 41.8 Å². The monoisotopic (exact) mass is 300 g/mol. The molecule has 0 radical (unpaired) electrons. The van der Waals surface area contributed by atoms with Crippen molar-refractivity contribution in [2.45, 2.75) is 38.1 Å². The van der Waals surface area contributed by atoms with Gasteiger partial charge in [-0.2, -0.15) is 0 Å². The van der Waals surface area contributed by atoms with Crippen LogP contribution in [0.4, 0.5) is 6.01 Å². The van der Waals surface area contributed by atoms with Gasteiger partial charge in [0.25, 0.3) is 0 Å². The molecule has 1 aromatic carbocycles. The first-order chi connectivity index (χ1) is 10.7. The molecule has 1 heterocycles. The number of nitrogens with two attached hydrogens (primary N) is 1. The third-order valence-electron chi connectivity index (χ3n) is 4.27. The minimum atomic E-state index is 0.0209. The van der Waals surface area contributed by atoms with Gasteiger partial charge in [0.05, 0.1) is 6.54 Å². The molecule has 1 aliphatic rings. The number of carbonyl (C=O) groups excluding carboxylic acids is 1. The molecule has 2 aromatic rings. The second-order valence-corrected chi connectivity index (χ2v) is 5.71. The van der Waals surface area contributed by atoms with Gasteiger partial charge >= 0.3 is 6.01 Å². The van der Waals surface area contributed by atoms with Crippen LogP contribution < -0.4 is 11.1 Å². The van der Waals surface area contributed by atoms with Crippen molar-refractivity contribution in [1.29, 1.82) is 0 Å². The van der Waals surface area contributed by atoms with E-state index in [1.807, 2.05) is 6.07 Å². The molecule has 1 amide bonds. The number of nitrogen functional groups attached to an aromatic ring is 1. The maximum Gasteiger partial charge on any atom is 0.312 e. The molecule has 0 aliphatic heterocycles. The smallest absolute Gasteiger partial charge is 0.312 e. The van der Waals surface area contributed by atoms with Crippen LogP contribution in [0.5, 0.6) is 0 Å². The average molecular weight is 300 g/mol. The molecule has 22 heavy (non-hydrogen) atoms. The predicted octanol–water partition coefficient (Wildman–Crippen LogP) is 2.24. The summed E-state index contributed by atoms with van der Waals surface area (Å²) < 4.78 is 5.04. The molecule has 0 saturated heterocycles. The molecule has 6 heteroatoms. The Balaban J connectivity index is 1.47. The second kappa shape index (κ2) is 6.60. The number of anilines is 1. The van der Waals surface area contributed by atoms with Gasteiger partial charge in [-0.3, -0.25) is 4.79 Å². The van der Waals surface area contributed by atoms with E-state index in [-0.39, 0.29) is 24.4 Å². The van der Waals surface area contributed by atoms with E-state index in [0.717, 1.165) is 25.7 Å². The highest BCUT2D eigenvalue weighted by Gasteiger charge is 2.27. The summed E-state index contributed by atoms with van der Waals surface area (Å²) in [5.74, 6) is 1.04. The summed E-state index contributed by atoms with van der Waals surface area (Å²) in [6.45, 7) is 0.238. The molecule has 0 spiro atoms. The lowest BCUT2D eigenvalue weighted by molar-refractivity contribution is -0.126. The van der Waals surface area contributed by atoms with Crippen molar-refractivity contribution in [3.8, 4) is 0 Å². The van der Waals surface area contributed by atoms with E-state index in [0.29, 0.717) is 11.8 Å². The van der Waals surface area contributed by atoms with Gasteiger partial charge in [-0.25, -0.2) is 0 Å². The highest BCUT2D eigenvalue weighted by atomic mass is 16.4. The van der Waals surface area contributed by atoms with Gasteiger partial charge in [-0.15, -0.1) is 5.10 Å². The highest BCUT2D eigenvalue weighted by molar-refractivity contribution is 5.78. The van der Waals surface area contributed by atoms with E-state index in [1.165, 1.54) is 5.56 Å². The Morgan fingerprint density at radius 1 is 1.18 bits per heavy atom. The van der Waals surface area contributed by atoms with Crippen LogP contribution in [0, 0.1) is 5.92 Å². The number of aromatic nitrogens is 2. The summed E-state index contributed by atoms with van der Waals surface area (Å²) in [5, 5.41) is 10.1. The SMILES string of the molecule is Nc1nnc(CNC(=O)C2CCC(c3ccccc3)CC2)o1. The van der Waals surface area contributed by atoms with Crippen LogP contribution >= 0.6 is 0 Å². The fourth-order valence-corrected chi connectivity index (χ4v) is 3.06. The minimum absolute atomic E-state index is 0.0209. The summed E-state index contributed by atoms with van der Waals surface area (Å²) in [6.07, 6.45) is 3.93. The maximum absolute atomic E-state index is 12.2. The first-order valence-corrected chi connectivity index (χ1v) is 7.63. The summed E-state index contributed by atoms with van der Waals surface area (Å²) in [4.78, 5) is 12.2. The Labute approximate surface area is 129 Å². The third-order valence-corrected chi connectivity index (χ3v) is 4.27. The zero-order valence-electron chi connectivity index (χ0n) is 12.4. The number of hydrogen-bond acceptors (Lipinski definition) is 5. The van der Waals surface area contributed by atoms with Gasteiger partial charge in [-0.1, -0.05) is 35.4 Å². The number of benzene rings is 1. The van der Waals surface area contributed by atoms with Crippen LogP contribution in [0.1, 0.15) is 43.1 Å². The number of carbonyl (C=O) groups is 1. The topological polar surface area (TPSA) is 94.0 Å². The van der Waals surface area contributed by atoms with E-state index in [4.69, 9.17) is 10.2 Å².